The van der Waals surface area contributed by atoms with E-state index in [4.69, 9.17) is 4.74 Å². The number of anilines is 1. The monoisotopic (exact) mass is 252 g/mol. The molecule has 6 nitrogen and oxygen atoms in total. The van der Waals surface area contributed by atoms with Crippen LogP contribution in [0.15, 0.2) is 12.1 Å². The molecule has 1 rings (SSSR count). The maximum atomic E-state index is 11.6. The van der Waals surface area contributed by atoms with Gasteiger partial charge in [0.05, 0.1) is 0 Å². The van der Waals surface area contributed by atoms with Crippen LogP contribution in [0.25, 0.3) is 0 Å². The second kappa shape index (κ2) is 7.60. The number of hydrogen-bond donors (Lipinski definition) is 1. The summed E-state index contributed by atoms with van der Waals surface area (Å²) in [5.74, 6) is 0.521. The van der Waals surface area contributed by atoms with E-state index in [1.54, 1.807) is 26.2 Å². The van der Waals surface area contributed by atoms with Gasteiger partial charge >= 0.3 is 0 Å². The van der Waals surface area contributed by atoms with E-state index in [-0.39, 0.29) is 5.91 Å². The lowest BCUT2D eigenvalue weighted by molar-refractivity contribution is 0.0821. The third kappa shape index (κ3) is 4.67. The van der Waals surface area contributed by atoms with Gasteiger partial charge in [-0.2, -0.15) is 0 Å². The highest BCUT2D eigenvalue weighted by atomic mass is 16.5. The first kappa shape index (κ1) is 14.4. The number of carbonyl (C=O) groups is 1. The molecule has 0 aliphatic carbocycles. The topological polar surface area (TPSA) is 67.3 Å². The first-order chi connectivity index (χ1) is 8.65. The van der Waals surface area contributed by atoms with Crippen molar-refractivity contribution in [2.75, 3.05) is 39.2 Å². The van der Waals surface area contributed by atoms with Gasteiger partial charge in [-0.05, 0) is 25.5 Å². The van der Waals surface area contributed by atoms with Gasteiger partial charge in [-0.3, -0.25) is 4.79 Å². The maximum Gasteiger partial charge on any atom is 0.273 e. The van der Waals surface area contributed by atoms with Crippen molar-refractivity contribution in [2.45, 2.75) is 13.3 Å². The van der Waals surface area contributed by atoms with E-state index in [9.17, 15) is 4.79 Å². The Morgan fingerprint density at radius 3 is 2.72 bits per heavy atom. The molecule has 0 atom stereocenters. The molecule has 0 saturated heterocycles. The Bertz CT molecular complexity index is 365. The zero-order valence-corrected chi connectivity index (χ0v) is 11.1. The molecule has 1 amide bonds. The summed E-state index contributed by atoms with van der Waals surface area (Å²) in [5, 5.41) is 11.0. The van der Waals surface area contributed by atoms with Crippen molar-refractivity contribution < 1.29 is 9.53 Å². The number of aromatic nitrogens is 2. The SMILES string of the molecule is CCOCCCNc1ccc(C(=O)N(C)C)nn1. The summed E-state index contributed by atoms with van der Waals surface area (Å²) in [6, 6.07) is 3.42. The zero-order chi connectivity index (χ0) is 13.4. The van der Waals surface area contributed by atoms with Crippen LogP contribution in [0.2, 0.25) is 0 Å². The molecule has 1 heterocycles. The molecule has 0 aromatic carbocycles. The molecule has 6 heteroatoms. The molecule has 0 bridgehead atoms. The number of ether oxygens (including phenoxy) is 1. The number of nitrogens with one attached hydrogen (secondary N) is 1. The minimum Gasteiger partial charge on any atom is -0.382 e. The Morgan fingerprint density at radius 1 is 1.39 bits per heavy atom. The molecular formula is C12H20N4O2. The van der Waals surface area contributed by atoms with Gasteiger partial charge in [0.25, 0.3) is 5.91 Å². The summed E-state index contributed by atoms with van der Waals surface area (Å²) in [7, 11) is 3.37. The van der Waals surface area contributed by atoms with Crippen LogP contribution >= 0.6 is 0 Å². The van der Waals surface area contributed by atoms with Crippen LogP contribution < -0.4 is 5.32 Å². The molecule has 0 unspecified atom stereocenters. The molecule has 1 aromatic heterocycles. The van der Waals surface area contributed by atoms with Crippen molar-refractivity contribution in [2.24, 2.45) is 0 Å². The molecule has 0 aliphatic heterocycles. The van der Waals surface area contributed by atoms with Crippen LogP contribution in [0.1, 0.15) is 23.8 Å². The molecule has 0 fully saturated rings. The van der Waals surface area contributed by atoms with Crippen molar-refractivity contribution in [1.82, 2.24) is 15.1 Å². The predicted octanol–water partition coefficient (Wildman–Crippen LogP) is 1.02. The van der Waals surface area contributed by atoms with Gasteiger partial charge in [0.2, 0.25) is 0 Å². The van der Waals surface area contributed by atoms with Crippen LogP contribution in [0.4, 0.5) is 5.82 Å². The Balaban J connectivity index is 2.38. The first-order valence-electron chi connectivity index (χ1n) is 6.02. The summed E-state index contributed by atoms with van der Waals surface area (Å²) in [5.41, 5.74) is 0.347. The van der Waals surface area contributed by atoms with Gasteiger partial charge in [0, 0.05) is 33.9 Å². The minimum atomic E-state index is -0.148. The minimum absolute atomic E-state index is 0.148. The Hall–Kier alpha value is -1.69. The average Bonchev–Trinajstić information content (AvgIpc) is 2.38. The molecule has 0 spiro atoms. The maximum absolute atomic E-state index is 11.6. The fraction of sp³-hybridized carbons (Fsp3) is 0.583. The smallest absolute Gasteiger partial charge is 0.273 e. The van der Waals surface area contributed by atoms with Gasteiger partial charge in [-0.15, -0.1) is 10.2 Å². The molecular weight excluding hydrogens is 232 g/mol. The highest BCUT2D eigenvalue weighted by molar-refractivity contribution is 5.91. The highest BCUT2D eigenvalue weighted by Crippen LogP contribution is 2.03. The van der Waals surface area contributed by atoms with E-state index in [0.717, 1.165) is 26.2 Å². The molecule has 0 aliphatic rings. The molecule has 0 saturated carbocycles. The standard InChI is InChI=1S/C12H20N4O2/c1-4-18-9-5-8-13-11-7-6-10(14-15-11)12(17)16(2)3/h6-7H,4-5,8-9H2,1-3H3,(H,13,15). The van der Waals surface area contributed by atoms with Crippen LogP contribution in [-0.4, -0.2) is 54.9 Å². The predicted molar refractivity (Wildman–Crippen MR) is 69.6 cm³/mol. The Morgan fingerprint density at radius 2 is 2.17 bits per heavy atom. The van der Waals surface area contributed by atoms with E-state index in [0.29, 0.717) is 11.5 Å². The van der Waals surface area contributed by atoms with E-state index in [2.05, 4.69) is 15.5 Å². The summed E-state index contributed by atoms with van der Waals surface area (Å²) < 4.78 is 5.22. The summed E-state index contributed by atoms with van der Waals surface area (Å²) in [6.45, 7) is 4.21. The largest absolute Gasteiger partial charge is 0.382 e. The third-order valence-electron chi connectivity index (χ3n) is 2.27. The molecule has 1 N–H and O–H groups in total. The second-order valence-electron chi connectivity index (χ2n) is 3.98. The lowest BCUT2D eigenvalue weighted by atomic mass is 10.3. The fourth-order valence-electron chi connectivity index (χ4n) is 1.30. The molecule has 1 aromatic rings. The Kier molecular flexibility index (Phi) is 6.07. The second-order valence-corrected chi connectivity index (χ2v) is 3.98. The average molecular weight is 252 g/mol. The van der Waals surface area contributed by atoms with Gasteiger partial charge in [0.15, 0.2) is 5.69 Å². The lowest BCUT2D eigenvalue weighted by Gasteiger charge is -2.09. The van der Waals surface area contributed by atoms with Gasteiger partial charge in [-0.25, -0.2) is 0 Å². The van der Waals surface area contributed by atoms with Crippen LogP contribution in [0, 0.1) is 0 Å². The van der Waals surface area contributed by atoms with E-state index < -0.39 is 0 Å². The summed E-state index contributed by atoms with van der Waals surface area (Å²) in [6.07, 6.45) is 0.911. The van der Waals surface area contributed by atoms with Crippen LogP contribution in [0.5, 0.6) is 0 Å². The Labute approximate surface area is 107 Å². The quantitative estimate of drug-likeness (QED) is 0.734. The van der Waals surface area contributed by atoms with E-state index >= 15 is 0 Å². The zero-order valence-electron chi connectivity index (χ0n) is 11.1. The first-order valence-corrected chi connectivity index (χ1v) is 6.02. The molecule has 18 heavy (non-hydrogen) atoms. The normalized spacial score (nSPS) is 10.2. The molecule has 100 valence electrons. The number of amides is 1. The van der Waals surface area contributed by atoms with Gasteiger partial charge in [-0.1, -0.05) is 0 Å². The van der Waals surface area contributed by atoms with Crippen molar-refractivity contribution in [3.63, 3.8) is 0 Å². The summed E-state index contributed by atoms with van der Waals surface area (Å²) >= 11 is 0. The van der Waals surface area contributed by atoms with Gasteiger partial charge < -0.3 is 15.0 Å². The van der Waals surface area contributed by atoms with Crippen molar-refractivity contribution >= 4 is 11.7 Å². The molecule has 0 radical (unpaired) electrons. The van der Waals surface area contributed by atoms with Crippen molar-refractivity contribution in [3.8, 4) is 0 Å². The van der Waals surface area contributed by atoms with Crippen molar-refractivity contribution in [1.29, 1.82) is 0 Å². The number of nitrogens with zero attached hydrogens (tertiary/aromatic N) is 3. The van der Waals surface area contributed by atoms with Gasteiger partial charge in [0.1, 0.15) is 5.82 Å². The summed E-state index contributed by atoms with van der Waals surface area (Å²) in [4.78, 5) is 13.0. The number of rotatable bonds is 7. The van der Waals surface area contributed by atoms with Crippen LogP contribution in [0.3, 0.4) is 0 Å². The number of carbonyl (C=O) groups excluding carboxylic acids is 1. The van der Waals surface area contributed by atoms with E-state index in [1.165, 1.54) is 4.90 Å². The van der Waals surface area contributed by atoms with E-state index in [1.807, 2.05) is 6.92 Å². The highest BCUT2D eigenvalue weighted by Gasteiger charge is 2.09. The number of hydrogen-bond acceptors (Lipinski definition) is 5. The lowest BCUT2D eigenvalue weighted by Crippen LogP contribution is -2.23. The third-order valence-corrected chi connectivity index (χ3v) is 2.27. The fourth-order valence-corrected chi connectivity index (χ4v) is 1.30. The van der Waals surface area contributed by atoms with Crippen molar-refractivity contribution in [3.05, 3.63) is 17.8 Å². The van der Waals surface area contributed by atoms with Crippen LogP contribution in [-0.2, 0) is 4.74 Å².